The second-order valence-electron chi connectivity index (χ2n) is 4.22. The molecule has 1 unspecified atom stereocenters. The van der Waals surface area contributed by atoms with Gasteiger partial charge in [0.1, 0.15) is 0 Å². The van der Waals surface area contributed by atoms with Gasteiger partial charge in [-0.25, -0.2) is 0 Å². The van der Waals surface area contributed by atoms with Gasteiger partial charge < -0.3 is 10.2 Å². The van der Waals surface area contributed by atoms with E-state index in [1.54, 1.807) is 24.5 Å². The van der Waals surface area contributed by atoms with Gasteiger partial charge in [0.2, 0.25) is 0 Å². The molecule has 0 spiro atoms. The summed E-state index contributed by atoms with van der Waals surface area (Å²) in [7, 11) is 2.11. The Morgan fingerprint density at radius 2 is 2.31 bits per heavy atom. The Bertz CT molecular complexity index is 353. The molecule has 1 N–H and O–H groups in total. The fourth-order valence-electron chi connectivity index (χ4n) is 2.05. The summed E-state index contributed by atoms with van der Waals surface area (Å²) in [5, 5.41) is 2.96. The summed E-state index contributed by atoms with van der Waals surface area (Å²) in [6, 6.07) is 3.95. The van der Waals surface area contributed by atoms with Gasteiger partial charge in [0.15, 0.2) is 0 Å². The number of rotatable bonds is 3. The molecule has 1 aromatic rings. The van der Waals surface area contributed by atoms with Crippen molar-refractivity contribution in [2.45, 2.75) is 18.9 Å². The van der Waals surface area contributed by atoms with Crippen molar-refractivity contribution >= 4 is 5.91 Å². The topological polar surface area (TPSA) is 45.2 Å². The summed E-state index contributed by atoms with van der Waals surface area (Å²) in [6.45, 7) is 1.87. The monoisotopic (exact) mass is 219 g/mol. The molecule has 86 valence electrons. The number of carbonyl (C=O) groups excluding carboxylic acids is 1. The van der Waals surface area contributed by atoms with Crippen LogP contribution in [0.25, 0.3) is 0 Å². The summed E-state index contributed by atoms with van der Waals surface area (Å²) in [4.78, 5) is 17.9. The first-order valence-corrected chi connectivity index (χ1v) is 5.66. The molecule has 1 aliphatic heterocycles. The number of aromatic nitrogens is 1. The minimum Gasteiger partial charge on any atom is -0.350 e. The van der Waals surface area contributed by atoms with Gasteiger partial charge in [-0.3, -0.25) is 9.78 Å². The highest BCUT2D eigenvalue weighted by Crippen LogP contribution is 2.13. The van der Waals surface area contributed by atoms with Crippen LogP contribution in [0.4, 0.5) is 0 Å². The van der Waals surface area contributed by atoms with Crippen LogP contribution in [0.5, 0.6) is 0 Å². The zero-order valence-corrected chi connectivity index (χ0v) is 9.52. The van der Waals surface area contributed by atoms with E-state index < -0.39 is 0 Å². The van der Waals surface area contributed by atoms with Crippen molar-refractivity contribution in [3.63, 3.8) is 0 Å². The minimum atomic E-state index is -0.0114. The molecule has 0 saturated carbocycles. The van der Waals surface area contributed by atoms with Crippen LogP contribution in [0.1, 0.15) is 23.2 Å². The van der Waals surface area contributed by atoms with Crippen LogP contribution in [-0.4, -0.2) is 42.0 Å². The fraction of sp³-hybridized carbons (Fsp3) is 0.500. The van der Waals surface area contributed by atoms with Crippen LogP contribution >= 0.6 is 0 Å². The first-order chi connectivity index (χ1) is 7.77. The number of carbonyl (C=O) groups is 1. The lowest BCUT2D eigenvalue weighted by molar-refractivity contribution is 0.0943. The van der Waals surface area contributed by atoms with Gasteiger partial charge >= 0.3 is 0 Å². The summed E-state index contributed by atoms with van der Waals surface area (Å²) in [5.74, 6) is -0.0114. The zero-order valence-electron chi connectivity index (χ0n) is 9.52. The van der Waals surface area contributed by atoms with E-state index in [0.717, 1.165) is 13.1 Å². The highest BCUT2D eigenvalue weighted by Gasteiger charge is 2.21. The number of pyridine rings is 1. The molecule has 0 radical (unpaired) electrons. The Hall–Kier alpha value is -1.42. The van der Waals surface area contributed by atoms with E-state index in [2.05, 4.69) is 22.2 Å². The van der Waals surface area contributed by atoms with Crippen LogP contribution in [0.15, 0.2) is 24.5 Å². The van der Waals surface area contributed by atoms with Crippen molar-refractivity contribution in [1.29, 1.82) is 0 Å². The van der Waals surface area contributed by atoms with Crippen molar-refractivity contribution in [2.24, 2.45) is 0 Å². The molecule has 1 amide bonds. The lowest BCUT2D eigenvalue weighted by Crippen LogP contribution is -2.38. The first-order valence-electron chi connectivity index (χ1n) is 5.66. The smallest absolute Gasteiger partial charge is 0.251 e. The lowest BCUT2D eigenvalue weighted by atomic mass is 10.2. The van der Waals surface area contributed by atoms with E-state index in [1.165, 1.54) is 12.8 Å². The van der Waals surface area contributed by atoms with Crippen LogP contribution in [-0.2, 0) is 0 Å². The van der Waals surface area contributed by atoms with Gasteiger partial charge in [0.05, 0.1) is 0 Å². The average molecular weight is 219 g/mol. The standard InChI is InChI=1S/C12H17N3O/c1-15-8-2-3-11(15)9-14-12(16)10-4-6-13-7-5-10/h4-7,11H,2-3,8-9H2,1H3,(H,14,16). The lowest BCUT2D eigenvalue weighted by Gasteiger charge is -2.19. The Labute approximate surface area is 95.7 Å². The molecule has 2 rings (SSSR count). The van der Waals surface area contributed by atoms with Crippen molar-refractivity contribution in [1.82, 2.24) is 15.2 Å². The Morgan fingerprint density at radius 1 is 1.56 bits per heavy atom. The number of nitrogens with one attached hydrogen (secondary N) is 1. The number of likely N-dealkylation sites (N-methyl/N-ethyl adjacent to an activating group) is 1. The molecular formula is C12H17N3O. The van der Waals surface area contributed by atoms with Gasteiger partial charge in [-0.15, -0.1) is 0 Å². The maximum absolute atomic E-state index is 11.8. The molecule has 1 fully saturated rings. The quantitative estimate of drug-likeness (QED) is 0.821. The molecule has 0 bridgehead atoms. The molecule has 4 heteroatoms. The van der Waals surface area contributed by atoms with Gasteiger partial charge in [-0.1, -0.05) is 0 Å². The second-order valence-corrected chi connectivity index (χ2v) is 4.22. The summed E-state index contributed by atoms with van der Waals surface area (Å²) >= 11 is 0. The van der Waals surface area contributed by atoms with Gasteiger partial charge in [0.25, 0.3) is 5.91 Å². The predicted molar refractivity (Wildman–Crippen MR) is 62.2 cm³/mol. The molecule has 0 aromatic carbocycles. The SMILES string of the molecule is CN1CCCC1CNC(=O)c1ccncc1. The van der Waals surface area contributed by atoms with E-state index in [0.29, 0.717) is 11.6 Å². The molecule has 2 heterocycles. The summed E-state index contributed by atoms with van der Waals surface area (Å²) < 4.78 is 0. The zero-order chi connectivity index (χ0) is 11.4. The van der Waals surface area contributed by atoms with Crippen molar-refractivity contribution < 1.29 is 4.79 Å². The normalized spacial score (nSPS) is 20.9. The summed E-state index contributed by atoms with van der Waals surface area (Å²) in [5.41, 5.74) is 0.677. The highest BCUT2D eigenvalue weighted by atomic mass is 16.1. The first kappa shape index (κ1) is 11.1. The Kier molecular flexibility index (Phi) is 3.51. The molecule has 0 aliphatic carbocycles. The maximum Gasteiger partial charge on any atom is 0.251 e. The molecule has 1 aromatic heterocycles. The molecule has 1 saturated heterocycles. The third kappa shape index (κ3) is 2.58. The van der Waals surface area contributed by atoms with Crippen LogP contribution in [0.2, 0.25) is 0 Å². The van der Waals surface area contributed by atoms with Gasteiger partial charge in [-0.2, -0.15) is 0 Å². The molecule has 16 heavy (non-hydrogen) atoms. The van der Waals surface area contributed by atoms with E-state index in [9.17, 15) is 4.79 Å². The van der Waals surface area contributed by atoms with Crippen molar-refractivity contribution in [3.05, 3.63) is 30.1 Å². The Balaban J connectivity index is 1.84. The average Bonchev–Trinajstić information content (AvgIpc) is 2.73. The molecular weight excluding hydrogens is 202 g/mol. The highest BCUT2D eigenvalue weighted by molar-refractivity contribution is 5.93. The number of nitrogens with zero attached hydrogens (tertiary/aromatic N) is 2. The van der Waals surface area contributed by atoms with E-state index >= 15 is 0 Å². The number of amides is 1. The fourth-order valence-corrected chi connectivity index (χ4v) is 2.05. The van der Waals surface area contributed by atoms with Crippen LogP contribution in [0, 0.1) is 0 Å². The molecule has 1 atom stereocenters. The predicted octanol–water partition coefficient (Wildman–Crippen LogP) is 0.906. The number of hydrogen-bond acceptors (Lipinski definition) is 3. The van der Waals surface area contributed by atoms with Gasteiger partial charge in [0, 0.05) is 30.5 Å². The van der Waals surface area contributed by atoms with Crippen LogP contribution in [0.3, 0.4) is 0 Å². The molecule has 1 aliphatic rings. The summed E-state index contributed by atoms with van der Waals surface area (Å²) in [6.07, 6.45) is 5.67. The maximum atomic E-state index is 11.8. The van der Waals surface area contributed by atoms with Crippen molar-refractivity contribution in [2.75, 3.05) is 20.1 Å². The third-order valence-corrected chi connectivity index (χ3v) is 3.11. The van der Waals surface area contributed by atoms with Crippen molar-refractivity contribution in [3.8, 4) is 0 Å². The van der Waals surface area contributed by atoms with Gasteiger partial charge in [-0.05, 0) is 38.6 Å². The largest absolute Gasteiger partial charge is 0.350 e. The minimum absolute atomic E-state index is 0.0114. The molecule has 4 nitrogen and oxygen atoms in total. The van der Waals surface area contributed by atoms with E-state index in [1.807, 2.05) is 0 Å². The Morgan fingerprint density at radius 3 is 2.94 bits per heavy atom. The number of hydrogen-bond donors (Lipinski definition) is 1. The number of likely N-dealkylation sites (tertiary alicyclic amines) is 1. The van der Waals surface area contributed by atoms with E-state index in [4.69, 9.17) is 0 Å². The second kappa shape index (κ2) is 5.07. The van der Waals surface area contributed by atoms with E-state index in [-0.39, 0.29) is 5.91 Å². The van der Waals surface area contributed by atoms with Crippen LogP contribution < -0.4 is 5.32 Å². The third-order valence-electron chi connectivity index (χ3n) is 3.11.